The molecule has 2 aliphatic rings. The summed E-state index contributed by atoms with van der Waals surface area (Å²) in [5, 5.41) is 3.65. The fourth-order valence-corrected chi connectivity index (χ4v) is 3.53. The van der Waals surface area contributed by atoms with Crippen LogP contribution >= 0.6 is 0 Å². The van der Waals surface area contributed by atoms with E-state index in [9.17, 15) is 4.39 Å². The fourth-order valence-electron chi connectivity index (χ4n) is 3.53. The zero-order chi connectivity index (χ0) is 13.2. The molecule has 3 heteroatoms. The number of nitrogens with one attached hydrogen (secondary N) is 1. The van der Waals surface area contributed by atoms with Crippen molar-refractivity contribution in [3.8, 4) is 0 Å². The molecule has 1 N–H and O–H groups in total. The quantitative estimate of drug-likeness (QED) is 0.900. The van der Waals surface area contributed by atoms with Crippen LogP contribution in [0.4, 0.5) is 4.39 Å². The molecule has 1 aromatic carbocycles. The van der Waals surface area contributed by atoms with Crippen molar-refractivity contribution in [1.29, 1.82) is 0 Å². The Kier molecular flexibility index (Phi) is 3.85. The lowest BCUT2D eigenvalue weighted by molar-refractivity contribution is 0.246. The minimum atomic E-state index is -0.146. The number of benzene rings is 1. The van der Waals surface area contributed by atoms with E-state index < -0.39 is 0 Å². The Labute approximate surface area is 115 Å². The molecule has 2 fully saturated rings. The van der Waals surface area contributed by atoms with E-state index in [1.165, 1.54) is 38.0 Å². The second-order valence-corrected chi connectivity index (χ2v) is 6.10. The molecule has 0 saturated carbocycles. The maximum absolute atomic E-state index is 12.9. The van der Waals surface area contributed by atoms with E-state index in [0.717, 1.165) is 12.3 Å². The van der Waals surface area contributed by atoms with Gasteiger partial charge < -0.3 is 5.32 Å². The summed E-state index contributed by atoms with van der Waals surface area (Å²) in [4.78, 5) is 2.59. The number of fused-ring (bicyclic) bond motifs is 1. The topological polar surface area (TPSA) is 15.3 Å². The average Bonchev–Trinajstić information content (AvgIpc) is 2.85. The van der Waals surface area contributed by atoms with Crippen molar-refractivity contribution in [2.75, 3.05) is 19.6 Å². The fraction of sp³-hybridized carbons (Fsp3) is 0.625. The van der Waals surface area contributed by atoms with Crippen molar-refractivity contribution >= 4 is 0 Å². The number of piperidine rings is 1. The van der Waals surface area contributed by atoms with Gasteiger partial charge in [-0.05, 0) is 56.3 Å². The highest BCUT2D eigenvalue weighted by Crippen LogP contribution is 2.27. The summed E-state index contributed by atoms with van der Waals surface area (Å²) in [6, 6.07) is 8.18. The van der Waals surface area contributed by atoms with E-state index in [-0.39, 0.29) is 5.82 Å². The molecule has 0 amide bonds. The Bertz CT molecular complexity index is 403. The standard InChI is InChI=1S/C16H23FN2/c1-12(9-13-4-6-15(17)7-5-13)19-10-14-3-2-8-18-16(14)11-19/h4-7,12,14,16,18H,2-3,8-11H2,1H3. The zero-order valence-electron chi connectivity index (χ0n) is 11.6. The molecule has 0 radical (unpaired) electrons. The van der Waals surface area contributed by atoms with Crippen LogP contribution in [0.25, 0.3) is 0 Å². The molecule has 2 saturated heterocycles. The molecule has 0 aliphatic carbocycles. The van der Waals surface area contributed by atoms with Crippen LogP contribution < -0.4 is 5.32 Å². The van der Waals surface area contributed by atoms with Crippen LogP contribution in [0.2, 0.25) is 0 Å². The van der Waals surface area contributed by atoms with E-state index in [1.807, 2.05) is 12.1 Å². The highest BCUT2D eigenvalue weighted by atomic mass is 19.1. The summed E-state index contributed by atoms with van der Waals surface area (Å²) in [6.45, 7) is 5.87. The van der Waals surface area contributed by atoms with Crippen molar-refractivity contribution in [3.05, 3.63) is 35.6 Å². The first-order chi connectivity index (χ1) is 9.22. The molecule has 19 heavy (non-hydrogen) atoms. The average molecular weight is 262 g/mol. The molecule has 2 heterocycles. The maximum Gasteiger partial charge on any atom is 0.123 e. The van der Waals surface area contributed by atoms with Crippen molar-refractivity contribution in [2.45, 2.75) is 38.3 Å². The molecule has 2 aliphatic heterocycles. The summed E-state index contributed by atoms with van der Waals surface area (Å²) in [5.74, 6) is 0.692. The maximum atomic E-state index is 12.9. The van der Waals surface area contributed by atoms with Gasteiger partial charge in [-0.25, -0.2) is 4.39 Å². The Morgan fingerprint density at radius 3 is 2.84 bits per heavy atom. The van der Waals surface area contributed by atoms with Crippen molar-refractivity contribution in [1.82, 2.24) is 10.2 Å². The monoisotopic (exact) mass is 262 g/mol. The third kappa shape index (κ3) is 2.98. The third-order valence-electron chi connectivity index (χ3n) is 4.70. The Morgan fingerprint density at radius 1 is 1.32 bits per heavy atom. The lowest BCUT2D eigenvalue weighted by Gasteiger charge is -2.25. The van der Waals surface area contributed by atoms with Crippen LogP contribution in [0.1, 0.15) is 25.3 Å². The van der Waals surface area contributed by atoms with Crippen molar-refractivity contribution < 1.29 is 4.39 Å². The van der Waals surface area contributed by atoms with Crippen molar-refractivity contribution in [2.24, 2.45) is 5.92 Å². The number of hydrogen-bond donors (Lipinski definition) is 1. The summed E-state index contributed by atoms with van der Waals surface area (Å²) in [7, 11) is 0. The summed E-state index contributed by atoms with van der Waals surface area (Å²) < 4.78 is 12.9. The summed E-state index contributed by atoms with van der Waals surface area (Å²) in [5.41, 5.74) is 1.23. The number of rotatable bonds is 3. The van der Waals surface area contributed by atoms with E-state index in [0.29, 0.717) is 12.1 Å². The van der Waals surface area contributed by atoms with Crippen LogP contribution in [-0.2, 0) is 6.42 Å². The summed E-state index contributed by atoms with van der Waals surface area (Å²) >= 11 is 0. The van der Waals surface area contributed by atoms with Gasteiger partial charge in [0.05, 0.1) is 0 Å². The van der Waals surface area contributed by atoms with Gasteiger partial charge in [0.15, 0.2) is 0 Å². The van der Waals surface area contributed by atoms with Gasteiger partial charge in [-0.3, -0.25) is 4.90 Å². The lowest BCUT2D eigenvalue weighted by atomic mass is 9.94. The molecule has 2 nitrogen and oxygen atoms in total. The Hall–Kier alpha value is -0.930. The van der Waals surface area contributed by atoms with Gasteiger partial charge in [-0.2, -0.15) is 0 Å². The van der Waals surface area contributed by atoms with Gasteiger partial charge >= 0.3 is 0 Å². The molecule has 1 aromatic rings. The predicted octanol–water partition coefficient (Wildman–Crippen LogP) is 2.44. The number of halogens is 1. The Balaban J connectivity index is 1.58. The van der Waals surface area contributed by atoms with Crippen LogP contribution in [0.15, 0.2) is 24.3 Å². The predicted molar refractivity (Wildman–Crippen MR) is 75.7 cm³/mol. The molecule has 0 spiro atoms. The van der Waals surface area contributed by atoms with E-state index in [4.69, 9.17) is 0 Å². The van der Waals surface area contributed by atoms with Gasteiger partial charge in [-0.1, -0.05) is 12.1 Å². The third-order valence-corrected chi connectivity index (χ3v) is 4.70. The molecule has 3 unspecified atom stereocenters. The second-order valence-electron chi connectivity index (χ2n) is 6.10. The molecular formula is C16H23FN2. The normalized spacial score (nSPS) is 29.2. The van der Waals surface area contributed by atoms with Crippen LogP contribution in [-0.4, -0.2) is 36.6 Å². The molecular weight excluding hydrogens is 239 g/mol. The van der Waals surface area contributed by atoms with Crippen LogP contribution in [0, 0.1) is 11.7 Å². The Morgan fingerprint density at radius 2 is 2.11 bits per heavy atom. The molecule has 104 valence electrons. The summed E-state index contributed by atoms with van der Waals surface area (Å²) in [6.07, 6.45) is 3.71. The lowest BCUT2D eigenvalue weighted by Crippen LogP contribution is -2.41. The largest absolute Gasteiger partial charge is 0.312 e. The molecule has 3 rings (SSSR count). The first-order valence-electron chi connectivity index (χ1n) is 7.44. The van der Waals surface area contributed by atoms with E-state index in [1.54, 1.807) is 12.1 Å². The minimum absolute atomic E-state index is 0.146. The van der Waals surface area contributed by atoms with E-state index >= 15 is 0 Å². The van der Waals surface area contributed by atoms with Gasteiger partial charge in [0.25, 0.3) is 0 Å². The molecule has 3 atom stereocenters. The highest BCUT2D eigenvalue weighted by Gasteiger charge is 2.35. The molecule has 0 aromatic heterocycles. The van der Waals surface area contributed by atoms with Gasteiger partial charge in [-0.15, -0.1) is 0 Å². The van der Waals surface area contributed by atoms with Crippen LogP contribution in [0.5, 0.6) is 0 Å². The van der Waals surface area contributed by atoms with Gasteiger partial charge in [0, 0.05) is 25.2 Å². The van der Waals surface area contributed by atoms with Crippen molar-refractivity contribution in [3.63, 3.8) is 0 Å². The zero-order valence-corrected chi connectivity index (χ0v) is 11.6. The second kappa shape index (κ2) is 5.59. The smallest absolute Gasteiger partial charge is 0.123 e. The first-order valence-corrected chi connectivity index (χ1v) is 7.44. The number of hydrogen-bond acceptors (Lipinski definition) is 2. The number of nitrogens with zero attached hydrogens (tertiary/aromatic N) is 1. The highest BCUT2D eigenvalue weighted by molar-refractivity contribution is 5.17. The first kappa shape index (κ1) is 13.1. The van der Waals surface area contributed by atoms with Gasteiger partial charge in [0.1, 0.15) is 5.82 Å². The minimum Gasteiger partial charge on any atom is -0.312 e. The molecule has 0 bridgehead atoms. The van der Waals surface area contributed by atoms with Gasteiger partial charge in [0.2, 0.25) is 0 Å². The van der Waals surface area contributed by atoms with Crippen LogP contribution in [0.3, 0.4) is 0 Å². The van der Waals surface area contributed by atoms with E-state index in [2.05, 4.69) is 17.1 Å². The number of likely N-dealkylation sites (tertiary alicyclic amines) is 1. The SMILES string of the molecule is CC(Cc1ccc(F)cc1)N1CC2CCCNC2C1.